The molecule has 1 fully saturated rings. The summed E-state index contributed by atoms with van der Waals surface area (Å²) in [6.07, 6.45) is 0. The highest BCUT2D eigenvalue weighted by Crippen LogP contribution is 2.44. The minimum atomic E-state index is -1.14. The number of ether oxygens (including phenoxy) is 1. The molecule has 0 aromatic heterocycles. The average molecular weight is 633 g/mol. The third kappa shape index (κ3) is 8.52. The summed E-state index contributed by atoms with van der Waals surface area (Å²) < 4.78 is 5.87. The molecule has 4 N–H and O–H groups in total. The molecular formula is C36H48N4O6. The number of aromatic hydroxyl groups is 2. The monoisotopic (exact) mass is 632 g/mol. The summed E-state index contributed by atoms with van der Waals surface area (Å²) in [6, 6.07) is 18.5. The van der Waals surface area contributed by atoms with Gasteiger partial charge >= 0.3 is 6.03 Å². The quantitative estimate of drug-likeness (QED) is 0.320. The first-order valence-electron chi connectivity index (χ1n) is 14.8. The molecule has 1 aliphatic heterocycles. The Bertz CT molecular complexity index is 1440. The van der Waals surface area contributed by atoms with Crippen molar-refractivity contribution in [2.24, 2.45) is 5.73 Å². The topological polar surface area (TPSA) is 137 Å². The maximum absolute atomic E-state index is 14.6. The van der Waals surface area contributed by atoms with Crippen LogP contribution in [0.5, 0.6) is 17.2 Å². The molecule has 2 amide bonds. The Labute approximate surface area is 272 Å². The summed E-state index contributed by atoms with van der Waals surface area (Å²) >= 11 is 0. The maximum atomic E-state index is 14.6. The van der Waals surface area contributed by atoms with Crippen LogP contribution >= 0.6 is 0 Å². The second-order valence-electron chi connectivity index (χ2n) is 12.4. The van der Waals surface area contributed by atoms with Crippen molar-refractivity contribution in [3.05, 3.63) is 95.6 Å². The summed E-state index contributed by atoms with van der Waals surface area (Å²) in [5, 5.41) is 20.1. The van der Waals surface area contributed by atoms with Crippen molar-refractivity contribution < 1.29 is 29.3 Å². The largest absolute Gasteiger partial charge is 0.508 e. The van der Waals surface area contributed by atoms with Crippen molar-refractivity contribution in [1.82, 2.24) is 14.7 Å². The molecule has 2 atom stereocenters. The van der Waals surface area contributed by atoms with Crippen molar-refractivity contribution in [2.75, 3.05) is 40.3 Å². The normalized spacial score (nSPS) is 15.2. The summed E-state index contributed by atoms with van der Waals surface area (Å²) in [5.74, 6) is 0.835. The fourth-order valence-electron chi connectivity index (χ4n) is 5.46. The number of methoxy groups -OCH3 is 1. The number of nitrogens with two attached hydrogens (primary N) is 1. The summed E-state index contributed by atoms with van der Waals surface area (Å²) in [4.78, 5) is 36.4. The highest BCUT2D eigenvalue weighted by Gasteiger charge is 2.43. The first-order chi connectivity index (χ1) is 21.7. The molecule has 10 nitrogen and oxygen atoms in total. The first kappa shape index (κ1) is 37.5. The second-order valence-corrected chi connectivity index (χ2v) is 12.4. The third-order valence-electron chi connectivity index (χ3n) is 8.17. The van der Waals surface area contributed by atoms with Gasteiger partial charge in [-0.15, -0.1) is 0 Å². The average Bonchev–Trinajstić information content (AvgIpc) is 3.05. The highest BCUT2D eigenvalue weighted by atomic mass is 16.5. The van der Waals surface area contributed by atoms with Gasteiger partial charge in [-0.2, -0.15) is 0 Å². The lowest BCUT2D eigenvalue weighted by Gasteiger charge is -2.46. The van der Waals surface area contributed by atoms with E-state index in [1.807, 2.05) is 50.6 Å². The van der Waals surface area contributed by atoms with Crippen LogP contribution < -0.4 is 10.5 Å². The first-order valence-corrected chi connectivity index (χ1v) is 14.8. The molecule has 0 aliphatic carbocycles. The van der Waals surface area contributed by atoms with Crippen molar-refractivity contribution in [3.63, 3.8) is 0 Å². The number of amides is 2. The zero-order valence-corrected chi connectivity index (χ0v) is 27.8. The van der Waals surface area contributed by atoms with Gasteiger partial charge in [-0.1, -0.05) is 57.7 Å². The Morgan fingerprint density at radius 1 is 0.848 bits per heavy atom. The lowest BCUT2D eigenvalue weighted by Crippen LogP contribution is -2.56. The van der Waals surface area contributed by atoms with E-state index in [2.05, 4.69) is 32.3 Å². The molecule has 248 valence electrons. The molecule has 3 aromatic carbocycles. The molecule has 0 spiro atoms. The maximum Gasteiger partial charge on any atom is 0.325 e. The highest BCUT2D eigenvalue weighted by molar-refractivity contribution is 5.87. The Morgan fingerprint density at radius 2 is 1.33 bits per heavy atom. The van der Waals surface area contributed by atoms with Crippen LogP contribution in [0.3, 0.4) is 0 Å². The van der Waals surface area contributed by atoms with Gasteiger partial charge in [0.15, 0.2) is 0 Å². The number of likely N-dealkylation sites (N-methyl/N-ethyl adjacent to an activating group) is 1. The number of rotatable bonds is 7. The van der Waals surface area contributed by atoms with Gasteiger partial charge in [0.2, 0.25) is 0 Å². The minimum absolute atomic E-state index is 0.105. The smallest absolute Gasteiger partial charge is 0.325 e. The number of carbonyl (C=O) groups is 3. The molecule has 3 aromatic rings. The number of phenols is 2. The lowest BCUT2D eigenvalue weighted by atomic mass is 9.80. The van der Waals surface area contributed by atoms with E-state index in [0.717, 1.165) is 29.8 Å². The number of piperazine rings is 1. The van der Waals surface area contributed by atoms with Crippen LogP contribution in [-0.4, -0.2) is 84.9 Å². The van der Waals surface area contributed by atoms with Crippen LogP contribution in [0, 0.1) is 0 Å². The zero-order valence-electron chi connectivity index (χ0n) is 27.8. The molecule has 1 heterocycles. The number of carbonyl (C=O) groups excluding carboxylic acids is 3. The van der Waals surface area contributed by atoms with E-state index in [9.17, 15) is 15.0 Å². The molecular weight excluding hydrogens is 584 g/mol. The Hall–Kier alpha value is -4.67. The summed E-state index contributed by atoms with van der Waals surface area (Å²) in [7, 11) is 3.66. The molecule has 0 saturated carbocycles. The third-order valence-corrected chi connectivity index (χ3v) is 8.17. The van der Waals surface area contributed by atoms with Gasteiger partial charge in [-0.25, -0.2) is 4.79 Å². The van der Waals surface area contributed by atoms with Crippen LogP contribution in [0.25, 0.3) is 5.70 Å². The van der Waals surface area contributed by atoms with Crippen LogP contribution in [-0.2, 0) is 20.5 Å². The lowest BCUT2D eigenvalue weighted by molar-refractivity contribution is -0.0987. The van der Waals surface area contributed by atoms with E-state index in [1.54, 1.807) is 60.5 Å². The van der Waals surface area contributed by atoms with Crippen LogP contribution in [0.1, 0.15) is 56.0 Å². The molecule has 46 heavy (non-hydrogen) atoms. The van der Waals surface area contributed by atoms with Crippen LogP contribution in [0.4, 0.5) is 4.79 Å². The van der Waals surface area contributed by atoms with E-state index in [0.29, 0.717) is 30.1 Å². The molecule has 2 unspecified atom stereocenters. The molecule has 10 heteroatoms. The standard InChI is InChI=1S/C34H44N4O4.2CH2O/c1-23(29-17-12-26(33(2,3)4)22-30(29)42-7)38(32(41)37-20-18-36(6)19-21-37)31(24-8-13-27(39)14-9-24)34(5,35)25-10-15-28(40)16-11-25;2*1-2/h8-17,22,31,39-40H,1,18-21,35H2,2-7H3;2*1H2. The van der Waals surface area contributed by atoms with Crippen molar-refractivity contribution in [1.29, 1.82) is 0 Å². The van der Waals surface area contributed by atoms with E-state index < -0.39 is 11.6 Å². The number of nitrogens with zero attached hydrogens (tertiary/aromatic N) is 3. The van der Waals surface area contributed by atoms with Crippen molar-refractivity contribution in [2.45, 2.75) is 44.7 Å². The zero-order chi connectivity index (χ0) is 34.8. The fraction of sp³-hybridized carbons (Fsp3) is 0.361. The van der Waals surface area contributed by atoms with Crippen molar-refractivity contribution >= 4 is 25.3 Å². The van der Waals surface area contributed by atoms with Gasteiger partial charge in [0.25, 0.3) is 0 Å². The predicted octanol–water partition coefficient (Wildman–Crippen LogP) is 5.29. The fourth-order valence-corrected chi connectivity index (χ4v) is 5.46. The number of hydrogen-bond donors (Lipinski definition) is 3. The Morgan fingerprint density at radius 3 is 1.80 bits per heavy atom. The number of urea groups is 1. The van der Waals surface area contributed by atoms with Gasteiger partial charge in [-0.05, 0) is 72.5 Å². The SMILES string of the molecule is C=C(c1ccc(C(C)(C)C)cc1OC)N(C(=O)N1CCN(C)CC1)C(c1ccc(O)cc1)C(C)(N)c1ccc(O)cc1.C=O.C=O. The molecule has 1 aliphatic rings. The van der Waals surface area contributed by atoms with Gasteiger partial charge in [-0.3, -0.25) is 4.90 Å². The van der Waals surface area contributed by atoms with Crippen LogP contribution in [0.15, 0.2) is 73.3 Å². The molecule has 4 rings (SSSR count). The molecule has 0 radical (unpaired) electrons. The second kappa shape index (κ2) is 16.1. The summed E-state index contributed by atoms with van der Waals surface area (Å²) in [5.41, 5.74) is 9.64. The number of benzene rings is 3. The van der Waals surface area contributed by atoms with Crippen molar-refractivity contribution in [3.8, 4) is 17.2 Å². The van der Waals surface area contributed by atoms with Gasteiger partial charge in [0, 0.05) is 31.7 Å². The van der Waals surface area contributed by atoms with Gasteiger partial charge in [0.05, 0.1) is 24.4 Å². The molecule has 0 bridgehead atoms. The Kier molecular flexibility index (Phi) is 13.1. The predicted molar refractivity (Wildman–Crippen MR) is 182 cm³/mol. The van der Waals surface area contributed by atoms with Crippen LogP contribution in [0.2, 0.25) is 0 Å². The van der Waals surface area contributed by atoms with E-state index in [4.69, 9.17) is 20.1 Å². The number of hydrogen-bond acceptors (Lipinski definition) is 8. The van der Waals surface area contributed by atoms with E-state index >= 15 is 0 Å². The minimum Gasteiger partial charge on any atom is -0.508 e. The van der Waals surface area contributed by atoms with E-state index in [1.165, 1.54) is 0 Å². The van der Waals surface area contributed by atoms with Gasteiger partial charge in [0.1, 0.15) is 30.8 Å². The molecule has 1 saturated heterocycles. The summed E-state index contributed by atoms with van der Waals surface area (Å²) in [6.45, 7) is 19.4. The van der Waals surface area contributed by atoms with Gasteiger partial charge < -0.3 is 40.1 Å². The Balaban J connectivity index is 0.00000177. The number of phenolic OH excluding ortho intramolecular Hbond substituents is 2. The van der Waals surface area contributed by atoms with E-state index in [-0.39, 0.29) is 22.9 Å².